The lowest BCUT2D eigenvalue weighted by molar-refractivity contribution is 0.637. The van der Waals surface area contributed by atoms with Crippen LogP contribution in [0.1, 0.15) is 5.56 Å². The van der Waals surface area contributed by atoms with Crippen molar-refractivity contribution in [3.63, 3.8) is 0 Å². The Bertz CT molecular complexity index is 464. The number of fused-ring (bicyclic) bond motifs is 1. The van der Waals surface area contributed by atoms with E-state index in [1.54, 1.807) is 13.0 Å². The summed E-state index contributed by atoms with van der Waals surface area (Å²) in [5.74, 6) is -0.411. The van der Waals surface area contributed by atoms with Crippen molar-refractivity contribution in [3.05, 3.63) is 39.8 Å². The number of nitrogens with zero attached hydrogens (tertiary/aromatic N) is 1. The molecular formula is C10H6Cl2FN. The van der Waals surface area contributed by atoms with Crippen molar-refractivity contribution in [2.24, 2.45) is 0 Å². The van der Waals surface area contributed by atoms with Crippen LogP contribution in [-0.2, 0) is 0 Å². The maximum absolute atomic E-state index is 13.3. The first-order chi connectivity index (χ1) is 6.59. The number of benzene rings is 1. The molecule has 1 aromatic heterocycles. The molecule has 0 saturated carbocycles. The number of halogens is 3. The lowest BCUT2D eigenvalue weighted by atomic mass is 10.1. The molecule has 14 heavy (non-hydrogen) atoms. The summed E-state index contributed by atoms with van der Waals surface area (Å²) in [6.45, 7) is 1.80. The summed E-state index contributed by atoms with van der Waals surface area (Å²) in [4.78, 5) is 3.94. The zero-order valence-electron chi connectivity index (χ0n) is 7.31. The molecule has 2 rings (SSSR count). The Balaban J connectivity index is 2.94. The minimum Gasteiger partial charge on any atom is -0.233 e. The van der Waals surface area contributed by atoms with Crippen molar-refractivity contribution >= 4 is 34.1 Å². The van der Waals surface area contributed by atoms with Gasteiger partial charge in [0.05, 0.1) is 5.02 Å². The van der Waals surface area contributed by atoms with Crippen molar-refractivity contribution in [2.45, 2.75) is 6.92 Å². The summed E-state index contributed by atoms with van der Waals surface area (Å²) in [6.07, 6.45) is 0. The normalized spacial score (nSPS) is 10.9. The van der Waals surface area contributed by atoms with Gasteiger partial charge in [0.25, 0.3) is 0 Å². The maximum atomic E-state index is 13.3. The summed E-state index contributed by atoms with van der Waals surface area (Å²) < 4.78 is 13.3. The van der Waals surface area contributed by atoms with Crippen molar-refractivity contribution < 1.29 is 4.39 Å². The smallest absolute Gasteiger partial charge is 0.149 e. The fourth-order valence-corrected chi connectivity index (χ4v) is 1.62. The van der Waals surface area contributed by atoms with Crippen molar-refractivity contribution in [1.29, 1.82) is 0 Å². The standard InChI is InChI=1S/C10H6Cl2FN/c1-5-4-6-7(11)2-3-8(13)9(6)14-10(5)12/h2-4H,1H3. The molecule has 0 radical (unpaired) electrons. The Morgan fingerprint density at radius 2 is 2.00 bits per heavy atom. The highest BCUT2D eigenvalue weighted by Gasteiger charge is 2.08. The first-order valence-corrected chi connectivity index (χ1v) is 4.76. The zero-order chi connectivity index (χ0) is 10.3. The molecule has 0 atom stereocenters. The maximum Gasteiger partial charge on any atom is 0.149 e. The first-order valence-electron chi connectivity index (χ1n) is 4.00. The molecule has 0 amide bonds. The molecule has 0 aliphatic rings. The van der Waals surface area contributed by atoms with Gasteiger partial charge in [-0.15, -0.1) is 0 Å². The van der Waals surface area contributed by atoms with Gasteiger partial charge < -0.3 is 0 Å². The third kappa shape index (κ3) is 1.45. The van der Waals surface area contributed by atoms with Crippen LogP contribution in [0, 0.1) is 12.7 Å². The number of hydrogen-bond acceptors (Lipinski definition) is 1. The number of rotatable bonds is 0. The Kier molecular flexibility index (Phi) is 2.33. The molecule has 72 valence electrons. The van der Waals surface area contributed by atoms with E-state index in [9.17, 15) is 4.39 Å². The Labute approximate surface area is 90.5 Å². The summed E-state index contributed by atoms with van der Waals surface area (Å²) in [5, 5.41) is 1.38. The molecule has 0 aliphatic heterocycles. The number of hydrogen-bond donors (Lipinski definition) is 0. The number of aryl methyl sites for hydroxylation is 1. The third-order valence-electron chi connectivity index (χ3n) is 2.01. The van der Waals surface area contributed by atoms with Gasteiger partial charge in [-0.3, -0.25) is 0 Å². The molecule has 4 heteroatoms. The fourth-order valence-electron chi connectivity index (χ4n) is 1.27. The van der Waals surface area contributed by atoms with Crippen molar-refractivity contribution in [2.75, 3.05) is 0 Å². The summed E-state index contributed by atoms with van der Waals surface area (Å²) in [7, 11) is 0. The van der Waals surface area contributed by atoms with Gasteiger partial charge in [0, 0.05) is 5.39 Å². The van der Waals surface area contributed by atoms with E-state index in [0.717, 1.165) is 5.56 Å². The average Bonchev–Trinajstić information content (AvgIpc) is 2.15. The molecule has 0 unspecified atom stereocenters. The number of aromatic nitrogens is 1. The van der Waals surface area contributed by atoms with E-state index >= 15 is 0 Å². The second kappa shape index (κ2) is 3.37. The van der Waals surface area contributed by atoms with Gasteiger partial charge in [0.2, 0.25) is 0 Å². The van der Waals surface area contributed by atoms with Crippen LogP contribution in [0.15, 0.2) is 18.2 Å². The van der Waals surface area contributed by atoms with Crippen molar-refractivity contribution in [1.82, 2.24) is 4.98 Å². The van der Waals surface area contributed by atoms with Gasteiger partial charge in [-0.25, -0.2) is 9.37 Å². The van der Waals surface area contributed by atoms with Gasteiger partial charge in [0.1, 0.15) is 16.5 Å². The van der Waals surface area contributed by atoms with Crippen LogP contribution in [0.25, 0.3) is 10.9 Å². The molecule has 0 saturated heterocycles. The molecule has 0 N–H and O–H groups in total. The van der Waals surface area contributed by atoms with Crippen LogP contribution in [0.3, 0.4) is 0 Å². The lowest BCUT2D eigenvalue weighted by Crippen LogP contribution is -1.88. The first kappa shape index (κ1) is 9.69. The summed E-state index contributed by atoms with van der Waals surface area (Å²) in [5.41, 5.74) is 1.000. The van der Waals surface area contributed by atoms with E-state index in [-0.39, 0.29) is 5.52 Å². The number of pyridine rings is 1. The van der Waals surface area contributed by atoms with Gasteiger partial charge in [-0.1, -0.05) is 23.2 Å². The highest BCUT2D eigenvalue weighted by Crippen LogP contribution is 2.27. The monoisotopic (exact) mass is 229 g/mol. The van der Waals surface area contributed by atoms with Gasteiger partial charge in [-0.2, -0.15) is 0 Å². The molecule has 2 aromatic rings. The van der Waals surface area contributed by atoms with E-state index in [4.69, 9.17) is 23.2 Å². The largest absolute Gasteiger partial charge is 0.233 e. The summed E-state index contributed by atoms with van der Waals surface area (Å²) in [6, 6.07) is 4.52. The Hall–Kier alpha value is -0.860. The second-order valence-electron chi connectivity index (χ2n) is 3.02. The van der Waals surface area contributed by atoms with Gasteiger partial charge in [0.15, 0.2) is 0 Å². The minimum absolute atomic E-state index is 0.216. The van der Waals surface area contributed by atoms with Crippen LogP contribution in [-0.4, -0.2) is 4.98 Å². The molecular weight excluding hydrogens is 224 g/mol. The average molecular weight is 230 g/mol. The molecule has 1 nitrogen and oxygen atoms in total. The second-order valence-corrected chi connectivity index (χ2v) is 3.79. The Morgan fingerprint density at radius 3 is 2.71 bits per heavy atom. The van der Waals surface area contributed by atoms with Crippen LogP contribution >= 0.6 is 23.2 Å². The van der Waals surface area contributed by atoms with Crippen LogP contribution in [0.2, 0.25) is 10.2 Å². The molecule has 1 aromatic carbocycles. The molecule has 0 bridgehead atoms. The van der Waals surface area contributed by atoms with E-state index in [2.05, 4.69) is 4.98 Å². The molecule has 1 heterocycles. The topological polar surface area (TPSA) is 12.9 Å². The molecule has 0 aliphatic carbocycles. The third-order valence-corrected chi connectivity index (χ3v) is 2.72. The Morgan fingerprint density at radius 1 is 1.29 bits per heavy atom. The molecule has 0 fully saturated rings. The van der Waals surface area contributed by atoms with Gasteiger partial charge in [-0.05, 0) is 30.7 Å². The van der Waals surface area contributed by atoms with Crippen LogP contribution in [0.5, 0.6) is 0 Å². The van der Waals surface area contributed by atoms with E-state index < -0.39 is 5.82 Å². The predicted molar refractivity (Wildman–Crippen MR) is 56.5 cm³/mol. The zero-order valence-corrected chi connectivity index (χ0v) is 8.83. The SMILES string of the molecule is Cc1cc2c(Cl)ccc(F)c2nc1Cl. The quantitative estimate of drug-likeness (QED) is 0.623. The predicted octanol–water partition coefficient (Wildman–Crippen LogP) is 3.99. The van der Waals surface area contributed by atoms with Crippen LogP contribution in [0.4, 0.5) is 4.39 Å². The highest BCUT2D eigenvalue weighted by molar-refractivity contribution is 6.36. The van der Waals surface area contributed by atoms with Gasteiger partial charge >= 0.3 is 0 Å². The van der Waals surface area contributed by atoms with Crippen molar-refractivity contribution in [3.8, 4) is 0 Å². The van der Waals surface area contributed by atoms with E-state index in [1.165, 1.54) is 12.1 Å². The minimum atomic E-state index is -0.411. The lowest BCUT2D eigenvalue weighted by Gasteiger charge is -2.03. The van der Waals surface area contributed by atoms with E-state index in [0.29, 0.717) is 15.6 Å². The fraction of sp³-hybridized carbons (Fsp3) is 0.100. The van der Waals surface area contributed by atoms with E-state index in [1.807, 2.05) is 0 Å². The molecule has 0 spiro atoms. The highest BCUT2D eigenvalue weighted by atomic mass is 35.5. The van der Waals surface area contributed by atoms with Crippen LogP contribution < -0.4 is 0 Å². The summed E-state index contributed by atoms with van der Waals surface area (Å²) >= 11 is 11.7.